The van der Waals surface area contributed by atoms with Crippen molar-refractivity contribution in [3.8, 4) is 5.75 Å². The lowest BCUT2D eigenvalue weighted by Crippen LogP contribution is -2.49. The molecule has 0 fully saturated rings. The number of aliphatic hydroxyl groups is 1. The van der Waals surface area contributed by atoms with Crippen LogP contribution in [0.1, 0.15) is 29.2 Å². The van der Waals surface area contributed by atoms with Gasteiger partial charge < -0.3 is 19.5 Å². The number of benzene rings is 3. The van der Waals surface area contributed by atoms with Crippen LogP contribution in [-0.4, -0.2) is 54.7 Å². The average Bonchev–Trinajstić information content (AvgIpc) is 3.30. The van der Waals surface area contributed by atoms with Gasteiger partial charge in [0.25, 0.3) is 5.91 Å². The Morgan fingerprint density at radius 2 is 1.87 bits per heavy atom. The summed E-state index contributed by atoms with van der Waals surface area (Å²) in [5, 5.41) is 12.8. The first kappa shape index (κ1) is 27.2. The molecule has 0 aliphatic carbocycles. The van der Waals surface area contributed by atoms with Crippen LogP contribution in [-0.2, 0) is 16.0 Å². The second kappa shape index (κ2) is 12.1. The number of likely N-dealkylation sites (N-methyl/N-ethyl adjacent to an activating group) is 1. The van der Waals surface area contributed by atoms with Gasteiger partial charge in [-0.2, -0.15) is 0 Å². The molecular formula is C28H28BrN5O4. The standard InChI is InChI=1S/C28H28BrN5O4/c1-34(2)27(36)28(18-21-6-3-4-7-24(21)32-33-30)25(19-8-12-22(29)13-9-19)38-26(31-28)20-10-14-23(15-11-20)37-17-5-16-35/h3-4,6-15,25,35H,5,16-18H2,1-2H3/t25-,28-/m1/s1. The highest BCUT2D eigenvalue weighted by Crippen LogP contribution is 2.44. The zero-order valence-corrected chi connectivity index (χ0v) is 22.7. The molecule has 38 heavy (non-hydrogen) atoms. The molecule has 3 aromatic rings. The van der Waals surface area contributed by atoms with Gasteiger partial charge in [0.1, 0.15) is 5.75 Å². The first-order valence-corrected chi connectivity index (χ1v) is 12.9. The van der Waals surface area contributed by atoms with Crippen molar-refractivity contribution in [1.29, 1.82) is 0 Å². The fourth-order valence-corrected chi connectivity index (χ4v) is 4.65. The maximum Gasteiger partial charge on any atom is 0.254 e. The molecule has 0 saturated carbocycles. The van der Waals surface area contributed by atoms with Gasteiger partial charge in [0, 0.05) is 54.2 Å². The second-order valence-corrected chi connectivity index (χ2v) is 9.95. The first-order valence-electron chi connectivity index (χ1n) is 12.1. The molecule has 2 atom stereocenters. The Balaban J connectivity index is 1.82. The Labute approximate surface area is 229 Å². The van der Waals surface area contributed by atoms with Crippen molar-refractivity contribution < 1.29 is 19.4 Å². The number of carbonyl (C=O) groups is 1. The van der Waals surface area contributed by atoms with E-state index in [0.29, 0.717) is 41.5 Å². The van der Waals surface area contributed by atoms with Gasteiger partial charge >= 0.3 is 0 Å². The van der Waals surface area contributed by atoms with Crippen LogP contribution in [0.25, 0.3) is 10.4 Å². The van der Waals surface area contributed by atoms with Gasteiger partial charge in [-0.15, -0.1) is 0 Å². The van der Waals surface area contributed by atoms with Crippen LogP contribution in [0.15, 0.2) is 87.4 Å². The monoisotopic (exact) mass is 577 g/mol. The summed E-state index contributed by atoms with van der Waals surface area (Å²) in [6, 6.07) is 22.0. The topological polar surface area (TPSA) is 120 Å². The second-order valence-electron chi connectivity index (χ2n) is 9.04. The fourth-order valence-electron chi connectivity index (χ4n) is 4.39. The molecule has 0 saturated heterocycles. The molecule has 1 aliphatic heterocycles. The summed E-state index contributed by atoms with van der Waals surface area (Å²) in [4.78, 5) is 23.4. The molecule has 3 aromatic carbocycles. The van der Waals surface area contributed by atoms with E-state index < -0.39 is 11.6 Å². The van der Waals surface area contributed by atoms with Gasteiger partial charge in [0.15, 0.2) is 11.6 Å². The molecule has 9 nitrogen and oxygen atoms in total. The van der Waals surface area contributed by atoms with E-state index >= 15 is 0 Å². The van der Waals surface area contributed by atoms with E-state index in [-0.39, 0.29) is 18.9 Å². The Kier molecular flexibility index (Phi) is 8.68. The lowest BCUT2D eigenvalue weighted by Gasteiger charge is -2.33. The summed E-state index contributed by atoms with van der Waals surface area (Å²) in [5.74, 6) is 0.751. The van der Waals surface area contributed by atoms with Crippen molar-refractivity contribution in [2.45, 2.75) is 24.5 Å². The van der Waals surface area contributed by atoms with Gasteiger partial charge in [-0.25, -0.2) is 4.99 Å². The van der Waals surface area contributed by atoms with E-state index in [4.69, 9.17) is 25.1 Å². The van der Waals surface area contributed by atoms with Crippen LogP contribution < -0.4 is 4.74 Å². The Morgan fingerprint density at radius 3 is 2.53 bits per heavy atom. The van der Waals surface area contributed by atoms with Crippen molar-refractivity contribution >= 4 is 33.4 Å². The Bertz CT molecular complexity index is 1350. The minimum atomic E-state index is -1.36. The third kappa shape index (κ3) is 5.83. The SMILES string of the molecule is CN(C)C(=O)[C@]1(Cc2ccccc2N=[N+]=[N-])N=C(c2ccc(OCCCO)cc2)O[C@@H]1c1ccc(Br)cc1. The van der Waals surface area contributed by atoms with Crippen molar-refractivity contribution in [2.24, 2.45) is 10.1 Å². The highest BCUT2D eigenvalue weighted by molar-refractivity contribution is 9.10. The molecule has 0 spiro atoms. The molecule has 0 radical (unpaired) electrons. The van der Waals surface area contributed by atoms with Crippen LogP contribution in [0.3, 0.4) is 0 Å². The van der Waals surface area contributed by atoms with Crippen molar-refractivity contribution in [2.75, 3.05) is 27.3 Å². The lowest BCUT2D eigenvalue weighted by atomic mass is 9.81. The summed E-state index contributed by atoms with van der Waals surface area (Å²) in [6.07, 6.45) is -0.0369. The molecule has 1 aliphatic rings. The predicted molar refractivity (Wildman–Crippen MR) is 149 cm³/mol. The maximum atomic E-state index is 14.0. The number of rotatable bonds is 10. The number of halogens is 1. The summed E-state index contributed by atoms with van der Waals surface area (Å²) in [7, 11) is 3.38. The number of nitrogens with zero attached hydrogens (tertiary/aromatic N) is 5. The van der Waals surface area contributed by atoms with E-state index in [1.165, 1.54) is 4.90 Å². The summed E-state index contributed by atoms with van der Waals surface area (Å²) in [5.41, 5.74) is 10.3. The number of aliphatic hydroxyl groups excluding tert-OH is 1. The van der Waals surface area contributed by atoms with Crippen molar-refractivity contribution in [1.82, 2.24) is 4.90 Å². The summed E-state index contributed by atoms with van der Waals surface area (Å²) >= 11 is 3.48. The number of azide groups is 1. The molecule has 0 aromatic heterocycles. The predicted octanol–water partition coefficient (Wildman–Crippen LogP) is 5.74. The Hall–Kier alpha value is -3.85. The number of aliphatic imine (C=N–C) groups is 1. The third-order valence-electron chi connectivity index (χ3n) is 6.19. The minimum absolute atomic E-state index is 0.0605. The zero-order chi connectivity index (χ0) is 27.1. The third-order valence-corrected chi connectivity index (χ3v) is 6.72. The van der Waals surface area contributed by atoms with Crippen LogP contribution in [0.2, 0.25) is 0 Å². The van der Waals surface area contributed by atoms with E-state index in [9.17, 15) is 4.79 Å². The average molecular weight is 578 g/mol. The van der Waals surface area contributed by atoms with E-state index in [0.717, 1.165) is 10.0 Å². The van der Waals surface area contributed by atoms with Crippen LogP contribution in [0.5, 0.6) is 5.75 Å². The molecule has 1 amide bonds. The highest BCUT2D eigenvalue weighted by atomic mass is 79.9. The quantitative estimate of drug-likeness (QED) is 0.143. The summed E-state index contributed by atoms with van der Waals surface area (Å²) in [6.45, 7) is 0.467. The molecule has 1 heterocycles. The van der Waals surface area contributed by atoms with Gasteiger partial charge in [0.05, 0.1) is 6.61 Å². The molecular weight excluding hydrogens is 550 g/mol. The van der Waals surface area contributed by atoms with Gasteiger partial charge in [-0.3, -0.25) is 4.79 Å². The van der Waals surface area contributed by atoms with Crippen LogP contribution in [0, 0.1) is 0 Å². The van der Waals surface area contributed by atoms with Crippen molar-refractivity contribution in [3.05, 3.63) is 104 Å². The number of carbonyl (C=O) groups excluding carboxylic acids is 1. The van der Waals surface area contributed by atoms with Crippen LogP contribution in [0.4, 0.5) is 5.69 Å². The smallest absolute Gasteiger partial charge is 0.254 e. The van der Waals surface area contributed by atoms with Crippen LogP contribution >= 0.6 is 15.9 Å². The Morgan fingerprint density at radius 1 is 1.16 bits per heavy atom. The fraction of sp³-hybridized carbons (Fsp3) is 0.286. The van der Waals surface area contributed by atoms with Gasteiger partial charge in [0.2, 0.25) is 5.90 Å². The minimum Gasteiger partial charge on any atom is -0.494 e. The number of hydrogen-bond donors (Lipinski definition) is 1. The molecule has 4 rings (SSSR count). The lowest BCUT2D eigenvalue weighted by molar-refractivity contribution is -0.137. The van der Waals surface area contributed by atoms with E-state index in [1.807, 2.05) is 48.5 Å². The van der Waals surface area contributed by atoms with E-state index in [1.54, 1.807) is 38.4 Å². The zero-order valence-electron chi connectivity index (χ0n) is 21.1. The molecule has 0 bridgehead atoms. The molecule has 0 unspecified atom stereocenters. The van der Waals surface area contributed by atoms with Crippen molar-refractivity contribution in [3.63, 3.8) is 0 Å². The number of hydrogen-bond acceptors (Lipinski definition) is 6. The maximum absolute atomic E-state index is 14.0. The summed E-state index contributed by atoms with van der Waals surface area (Å²) < 4.78 is 13.0. The van der Waals surface area contributed by atoms with Gasteiger partial charge in [-0.05, 0) is 53.1 Å². The largest absolute Gasteiger partial charge is 0.494 e. The number of amides is 1. The number of ether oxygens (including phenoxy) is 2. The van der Waals surface area contributed by atoms with E-state index in [2.05, 4.69) is 26.0 Å². The first-order chi connectivity index (χ1) is 18.4. The normalized spacial score (nSPS) is 18.2. The highest BCUT2D eigenvalue weighted by Gasteiger charge is 2.54. The molecule has 196 valence electrons. The molecule has 1 N–H and O–H groups in total. The molecule has 10 heteroatoms. The van der Waals surface area contributed by atoms with Gasteiger partial charge in [-0.1, -0.05) is 57.4 Å².